The summed E-state index contributed by atoms with van der Waals surface area (Å²) in [5.74, 6) is -0.976. The van der Waals surface area contributed by atoms with E-state index in [2.05, 4.69) is 10.6 Å². The van der Waals surface area contributed by atoms with Gasteiger partial charge in [-0.15, -0.1) is 0 Å². The molecule has 0 aromatic heterocycles. The van der Waals surface area contributed by atoms with Gasteiger partial charge in [-0.3, -0.25) is 9.59 Å². The van der Waals surface area contributed by atoms with Gasteiger partial charge in [0.15, 0.2) is 0 Å². The first-order chi connectivity index (χ1) is 11.3. The Morgan fingerprint density at radius 1 is 1.04 bits per heavy atom. The number of amides is 2. The van der Waals surface area contributed by atoms with Gasteiger partial charge in [-0.05, 0) is 17.9 Å². The number of benzene rings is 1. The summed E-state index contributed by atoms with van der Waals surface area (Å²) in [6.07, 6.45) is 0.818. The lowest BCUT2D eigenvalue weighted by atomic mass is 10.0. The van der Waals surface area contributed by atoms with Crippen LogP contribution in [0.4, 0.5) is 0 Å². The molecule has 2 N–H and O–H groups in total. The van der Waals surface area contributed by atoms with E-state index in [1.54, 1.807) is 0 Å². The molecule has 0 aliphatic heterocycles. The number of carbonyl (C=O) groups is 3. The van der Waals surface area contributed by atoms with E-state index >= 15 is 0 Å². The quantitative estimate of drug-likeness (QED) is 0.705. The van der Waals surface area contributed by atoms with Crippen molar-refractivity contribution in [3.63, 3.8) is 0 Å². The van der Waals surface area contributed by atoms with Crippen LogP contribution in [0.3, 0.4) is 0 Å². The van der Waals surface area contributed by atoms with Gasteiger partial charge >= 0.3 is 5.97 Å². The Morgan fingerprint density at radius 3 is 2.17 bits per heavy atom. The van der Waals surface area contributed by atoms with Gasteiger partial charge in [0, 0.05) is 13.3 Å². The third kappa shape index (κ3) is 6.81. The standard InChI is InChI=1S/C18H26N2O4/c1-12(2)10-16(18(23)24-4)20-17(22)15(19-13(3)21)11-14-8-6-5-7-9-14/h5-9,12,15-16H,10-11H2,1-4H3,(H,19,21)(H,20,22)/t15-,16-/m0/s1. The number of ether oxygens (including phenoxy) is 1. The van der Waals surface area contributed by atoms with Gasteiger partial charge in [-0.1, -0.05) is 44.2 Å². The largest absolute Gasteiger partial charge is 0.467 e. The molecule has 0 aliphatic rings. The van der Waals surface area contributed by atoms with Crippen LogP contribution in [0.5, 0.6) is 0 Å². The van der Waals surface area contributed by atoms with Crippen LogP contribution in [-0.4, -0.2) is 37.0 Å². The fraction of sp³-hybridized carbons (Fsp3) is 0.500. The Bertz CT molecular complexity index is 557. The molecule has 2 atom stereocenters. The number of hydrogen-bond acceptors (Lipinski definition) is 4. The molecular formula is C18H26N2O4. The molecule has 0 unspecified atom stereocenters. The summed E-state index contributed by atoms with van der Waals surface area (Å²) in [5.41, 5.74) is 0.921. The van der Waals surface area contributed by atoms with Crippen LogP contribution in [0.15, 0.2) is 30.3 Å². The van der Waals surface area contributed by atoms with Crippen LogP contribution in [0.1, 0.15) is 32.8 Å². The fourth-order valence-corrected chi connectivity index (χ4v) is 2.40. The summed E-state index contributed by atoms with van der Waals surface area (Å²) in [6.45, 7) is 5.27. The summed E-state index contributed by atoms with van der Waals surface area (Å²) >= 11 is 0. The second-order valence-electron chi connectivity index (χ2n) is 6.16. The molecule has 1 aromatic rings. The third-order valence-electron chi connectivity index (χ3n) is 3.49. The van der Waals surface area contributed by atoms with Crippen LogP contribution in [-0.2, 0) is 25.5 Å². The van der Waals surface area contributed by atoms with E-state index in [0.29, 0.717) is 12.8 Å². The van der Waals surface area contributed by atoms with Crippen LogP contribution >= 0.6 is 0 Å². The molecule has 6 heteroatoms. The van der Waals surface area contributed by atoms with Crippen molar-refractivity contribution in [2.45, 2.75) is 45.7 Å². The van der Waals surface area contributed by atoms with Crippen LogP contribution < -0.4 is 10.6 Å². The average Bonchev–Trinajstić information content (AvgIpc) is 2.53. The third-order valence-corrected chi connectivity index (χ3v) is 3.49. The highest BCUT2D eigenvalue weighted by Gasteiger charge is 2.27. The molecule has 6 nitrogen and oxygen atoms in total. The van der Waals surface area contributed by atoms with Crippen molar-refractivity contribution in [3.8, 4) is 0 Å². The summed E-state index contributed by atoms with van der Waals surface area (Å²) < 4.78 is 4.75. The minimum Gasteiger partial charge on any atom is -0.467 e. The highest BCUT2D eigenvalue weighted by atomic mass is 16.5. The molecule has 0 saturated heterocycles. The molecule has 132 valence electrons. The Morgan fingerprint density at radius 2 is 1.67 bits per heavy atom. The number of rotatable bonds is 8. The Hall–Kier alpha value is -2.37. The molecule has 0 heterocycles. The van der Waals surface area contributed by atoms with Gasteiger partial charge in [0.1, 0.15) is 12.1 Å². The zero-order valence-electron chi connectivity index (χ0n) is 14.7. The minimum atomic E-state index is -0.746. The van der Waals surface area contributed by atoms with Gasteiger partial charge in [-0.25, -0.2) is 4.79 Å². The fourth-order valence-electron chi connectivity index (χ4n) is 2.40. The van der Waals surface area contributed by atoms with Crippen molar-refractivity contribution >= 4 is 17.8 Å². The van der Waals surface area contributed by atoms with E-state index in [1.165, 1.54) is 14.0 Å². The smallest absolute Gasteiger partial charge is 0.328 e. The SMILES string of the molecule is COC(=O)[C@H](CC(C)C)NC(=O)[C@H](Cc1ccccc1)NC(C)=O. The molecule has 2 amide bonds. The number of esters is 1. The highest BCUT2D eigenvalue weighted by molar-refractivity contribution is 5.90. The molecule has 0 saturated carbocycles. The lowest BCUT2D eigenvalue weighted by Crippen LogP contribution is -2.52. The number of nitrogens with one attached hydrogen (secondary N) is 2. The van der Waals surface area contributed by atoms with E-state index in [0.717, 1.165) is 5.56 Å². The maximum Gasteiger partial charge on any atom is 0.328 e. The topological polar surface area (TPSA) is 84.5 Å². The van der Waals surface area contributed by atoms with E-state index in [9.17, 15) is 14.4 Å². The Balaban J connectivity index is 2.85. The second kappa shape index (κ2) is 9.70. The lowest BCUT2D eigenvalue weighted by Gasteiger charge is -2.23. The number of carbonyl (C=O) groups excluding carboxylic acids is 3. The van der Waals surface area contributed by atoms with Gasteiger partial charge in [0.25, 0.3) is 0 Å². The van der Waals surface area contributed by atoms with Crippen molar-refractivity contribution in [3.05, 3.63) is 35.9 Å². The zero-order valence-corrected chi connectivity index (χ0v) is 14.7. The zero-order chi connectivity index (χ0) is 18.1. The first-order valence-electron chi connectivity index (χ1n) is 8.02. The van der Waals surface area contributed by atoms with Crippen molar-refractivity contribution in [2.24, 2.45) is 5.92 Å². The summed E-state index contributed by atoms with van der Waals surface area (Å²) in [6, 6.07) is 7.91. The van der Waals surface area contributed by atoms with Crippen molar-refractivity contribution in [1.29, 1.82) is 0 Å². The second-order valence-corrected chi connectivity index (χ2v) is 6.16. The maximum atomic E-state index is 12.6. The van der Waals surface area contributed by atoms with Gasteiger partial charge in [-0.2, -0.15) is 0 Å². The predicted molar refractivity (Wildman–Crippen MR) is 91.2 cm³/mol. The molecule has 24 heavy (non-hydrogen) atoms. The molecular weight excluding hydrogens is 308 g/mol. The van der Waals surface area contributed by atoms with E-state index in [-0.39, 0.29) is 11.8 Å². The van der Waals surface area contributed by atoms with Crippen LogP contribution in [0.2, 0.25) is 0 Å². The Labute approximate surface area is 143 Å². The average molecular weight is 334 g/mol. The normalized spacial score (nSPS) is 13.0. The molecule has 1 rings (SSSR count). The van der Waals surface area contributed by atoms with E-state index in [1.807, 2.05) is 44.2 Å². The molecule has 0 bridgehead atoms. The summed E-state index contributed by atoms with van der Waals surface area (Å²) in [4.78, 5) is 35.8. The first kappa shape index (κ1) is 19.7. The number of methoxy groups -OCH3 is 1. The lowest BCUT2D eigenvalue weighted by molar-refractivity contribution is -0.145. The van der Waals surface area contributed by atoms with Crippen molar-refractivity contribution in [2.75, 3.05) is 7.11 Å². The minimum absolute atomic E-state index is 0.211. The summed E-state index contributed by atoms with van der Waals surface area (Å²) in [5, 5.41) is 5.34. The van der Waals surface area contributed by atoms with Gasteiger partial charge in [0.2, 0.25) is 11.8 Å². The molecule has 0 spiro atoms. The predicted octanol–water partition coefficient (Wildman–Crippen LogP) is 1.44. The first-order valence-corrected chi connectivity index (χ1v) is 8.02. The summed E-state index contributed by atoms with van der Waals surface area (Å²) in [7, 11) is 1.29. The molecule has 1 aromatic carbocycles. The number of hydrogen-bond donors (Lipinski definition) is 2. The Kier molecular flexibility index (Phi) is 7.95. The van der Waals surface area contributed by atoms with Gasteiger partial charge < -0.3 is 15.4 Å². The molecule has 0 aliphatic carbocycles. The van der Waals surface area contributed by atoms with E-state index in [4.69, 9.17) is 4.74 Å². The maximum absolute atomic E-state index is 12.6. The molecule has 0 radical (unpaired) electrons. The van der Waals surface area contributed by atoms with Crippen LogP contribution in [0.25, 0.3) is 0 Å². The van der Waals surface area contributed by atoms with Gasteiger partial charge in [0.05, 0.1) is 7.11 Å². The molecule has 0 fully saturated rings. The van der Waals surface area contributed by atoms with E-state index < -0.39 is 24.0 Å². The van der Waals surface area contributed by atoms with Crippen molar-refractivity contribution < 1.29 is 19.1 Å². The van der Waals surface area contributed by atoms with Crippen LogP contribution in [0, 0.1) is 5.92 Å². The monoisotopic (exact) mass is 334 g/mol. The van der Waals surface area contributed by atoms with Crippen molar-refractivity contribution in [1.82, 2.24) is 10.6 Å². The highest BCUT2D eigenvalue weighted by Crippen LogP contribution is 2.08.